The third kappa shape index (κ3) is 5.94. The summed E-state index contributed by atoms with van der Waals surface area (Å²) in [4.78, 5) is 20.5. The van der Waals surface area contributed by atoms with Gasteiger partial charge in [-0.15, -0.1) is 0 Å². The van der Waals surface area contributed by atoms with Crippen LogP contribution >= 0.6 is 0 Å². The fourth-order valence-corrected chi connectivity index (χ4v) is 6.05. The second-order valence-electron chi connectivity index (χ2n) is 10.7. The zero-order chi connectivity index (χ0) is 26.9. The summed E-state index contributed by atoms with van der Waals surface area (Å²) in [6.07, 6.45) is 8.15. The number of aryl methyl sites for hydroxylation is 2. The summed E-state index contributed by atoms with van der Waals surface area (Å²) in [6.45, 7) is 7.50. The van der Waals surface area contributed by atoms with E-state index in [1.807, 2.05) is 31.0 Å². The molecule has 0 aliphatic carbocycles. The Kier molecular flexibility index (Phi) is 7.58. The first-order valence-corrected chi connectivity index (χ1v) is 15.3. The van der Waals surface area contributed by atoms with E-state index in [1.54, 1.807) is 22.7 Å². The number of benzene rings is 1. The molecule has 0 radical (unpaired) electrons. The fraction of sp³-hybridized carbons (Fsp3) is 0.519. The number of sulfonamides is 1. The number of aromatic nitrogens is 3. The Hall–Kier alpha value is -3.18. The Morgan fingerprint density at radius 1 is 1.16 bits per heavy atom. The average molecular weight is 540 g/mol. The molecule has 204 valence electrons. The van der Waals surface area contributed by atoms with E-state index in [1.165, 1.54) is 12.8 Å². The van der Waals surface area contributed by atoms with Crippen LogP contribution in [0.5, 0.6) is 0 Å². The number of likely N-dealkylation sites (tertiary alicyclic amines) is 1. The second kappa shape index (κ2) is 10.9. The minimum absolute atomic E-state index is 0.200. The lowest BCUT2D eigenvalue weighted by molar-refractivity contribution is 0.0606. The molecule has 2 fully saturated rings. The number of fused-ring (bicyclic) bond motifs is 1. The van der Waals surface area contributed by atoms with Gasteiger partial charge in [0.2, 0.25) is 10.0 Å². The molecule has 1 unspecified atom stereocenters. The number of nitrogens with zero attached hydrogens (tertiary/aromatic N) is 4. The molecule has 3 N–H and O–H groups in total. The maximum absolute atomic E-state index is 13.8. The molecule has 2 atom stereocenters. The molecular formula is C27H37N7O3S. The molecule has 3 aromatic rings. The summed E-state index contributed by atoms with van der Waals surface area (Å²) < 4.78 is 28.2. The van der Waals surface area contributed by atoms with Crippen LogP contribution in [0.25, 0.3) is 5.65 Å². The molecule has 0 saturated carbocycles. The van der Waals surface area contributed by atoms with Crippen molar-refractivity contribution in [3.63, 3.8) is 0 Å². The van der Waals surface area contributed by atoms with Gasteiger partial charge in [-0.2, -0.15) is 5.10 Å². The second-order valence-corrected chi connectivity index (χ2v) is 12.4. The minimum Gasteiger partial charge on any atom is -0.369 e. The molecule has 4 heterocycles. The van der Waals surface area contributed by atoms with Crippen LogP contribution in [0.1, 0.15) is 65.3 Å². The van der Waals surface area contributed by atoms with Gasteiger partial charge in [-0.05, 0) is 77.1 Å². The van der Waals surface area contributed by atoms with Crippen molar-refractivity contribution in [1.29, 1.82) is 0 Å². The summed E-state index contributed by atoms with van der Waals surface area (Å²) in [5.74, 6) is 1.25. The molecule has 1 amide bonds. The Labute approximate surface area is 224 Å². The maximum Gasteiger partial charge on any atom is 0.256 e. The zero-order valence-corrected chi connectivity index (χ0v) is 23.1. The SMILES string of the molecule is Cc1ccc(NS(C)(=O)=O)c(C(=O)N2CCCC[C@H]2c2cc3nc(NCC4CCCNC4)c(C)cn3n2)c1. The van der Waals surface area contributed by atoms with E-state index in [2.05, 4.69) is 15.4 Å². The lowest BCUT2D eigenvalue weighted by Crippen LogP contribution is -2.39. The van der Waals surface area contributed by atoms with E-state index in [0.717, 1.165) is 73.4 Å². The van der Waals surface area contributed by atoms with Gasteiger partial charge in [-0.1, -0.05) is 11.6 Å². The van der Waals surface area contributed by atoms with E-state index in [-0.39, 0.29) is 11.9 Å². The van der Waals surface area contributed by atoms with Gasteiger partial charge < -0.3 is 15.5 Å². The standard InChI is InChI=1S/C27H37N7O3S/c1-18-9-10-22(32-38(3,36)37)21(13-18)27(35)33-12-5-4-8-24(33)23-14-25-30-26(19(2)17-34(25)31-23)29-16-20-7-6-11-28-15-20/h9-10,13-14,17,20,24,28,32H,4-8,11-12,15-16H2,1-3H3,(H,29,30)/t20?,24-/m0/s1. The van der Waals surface area contributed by atoms with Gasteiger partial charge in [0, 0.05) is 30.9 Å². The van der Waals surface area contributed by atoms with Crippen molar-refractivity contribution in [2.45, 2.75) is 52.0 Å². The van der Waals surface area contributed by atoms with Crippen molar-refractivity contribution in [3.05, 3.63) is 52.8 Å². The average Bonchev–Trinajstić information content (AvgIpc) is 3.30. The maximum atomic E-state index is 13.8. The first kappa shape index (κ1) is 26.4. The van der Waals surface area contributed by atoms with Gasteiger partial charge in [0.1, 0.15) is 5.82 Å². The Balaban J connectivity index is 1.41. The van der Waals surface area contributed by atoms with Crippen molar-refractivity contribution in [2.75, 3.05) is 42.5 Å². The third-order valence-corrected chi connectivity index (χ3v) is 8.00. The molecule has 11 heteroatoms. The highest BCUT2D eigenvalue weighted by atomic mass is 32.2. The number of carbonyl (C=O) groups excluding carboxylic acids is 1. The fourth-order valence-electron chi connectivity index (χ4n) is 5.47. The van der Waals surface area contributed by atoms with Gasteiger partial charge in [-0.3, -0.25) is 9.52 Å². The number of hydrogen-bond donors (Lipinski definition) is 3. The predicted octanol–water partition coefficient (Wildman–Crippen LogP) is 3.50. The quantitative estimate of drug-likeness (QED) is 0.420. The molecule has 0 spiro atoms. The molecule has 2 aliphatic rings. The number of amides is 1. The number of hydrogen-bond acceptors (Lipinski definition) is 7. The molecule has 10 nitrogen and oxygen atoms in total. The van der Waals surface area contributed by atoms with Crippen molar-refractivity contribution < 1.29 is 13.2 Å². The van der Waals surface area contributed by atoms with Crippen LogP contribution in [-0.2, 0) is 10.0 Å². The predicted molar refractivity (Wildman–Crippen MR) is 149 cm³/mol. The number of rotatable bonds is 7. The van der Waals surface area contributed by atoms with Gasteiger partial charge in [0.05, 0.1) is 29.2 Å². The lowest BCUT2D eigenvalue weighted by atomic mass is 9.97. The van der Waals surface area contributed by atoms with Crippen LogP contribution in [0.4, 0.5) is 11.5 Å². The van der Waals surface area contributed by atoms with E-state index in [4.69, 9.17) is 10.1 Å². The Morgan fingerprint density at radius 2 is 2.00 bits per heavy atom. The van der Waals surface area contributed by atoms with E-state index < -0.39 is 10.0 Å². The largest absolute Gasteiger partial charge is 0.369 e. The number of nitrogens with one attached hydrogen (secondary N) is 3. The first-order valence-electron chi connectivity index (χ1n) is 13.4. The molecule has 38 heavy (non-hydrogen) atoms. The molecule has 2 aliphatic heterocycles. The van der Waals surface area contributed by atoms with Crippen molar-refractivity contribution in [2.24, 2.45) is 5.92 Å². The Bertz CT molecular complexity index is 1430. The first-order chi connectivity index (χ1) is 18.2. The number of piperidine rings is 2. The molecule has 2 saturated heterocycles. The molecule has 0 bridgehead atoms. The van der Waals surface area contributed by atoms with Crippen LogP contribution in [0.15, 0.2) is 30.5 Å². The third-order valence-electron chi connectivity index (χ3n) is 7.41. The normalized spacial score (nSPS) is 20.4. The smallest absolute Gasteiger partial charge is 0.256 e. The highest BCUT2D eigenvalue weighted by molar-refractivity contribution is 7.92. The monoisotopic (exact) mass is 539 g/mol. The van der Waals surface area contributed by atoms with E-state index in [9.17, 15) is 13.2 Å². The van der Waals surface area contributed by atoms with Crippen LogP contribution in [0.3, 0.4) is 0 Å². The summed E-state index contributed by atoms with van der Waals surface area (Å²) in [5.41, 5.74) is 4.08. The Morgan fingerprint density at radius 3 is 2.76 bits per heavy atom. The molecular weight excluding hydrogens is 502 g/mol. The highest BCUT2D eigenvalue weighted by Gasteiger charge is 2.32. The van der Waals surface area contributed by atoms with E-state index in [0.29, 0.717) is 23.7 Å². The van der Waals surface area contributed by atoms with Crippen LogP contribution in [-0.4, -0.2) is 66.3 Å². The van der Waals surface area contributed by atoms with Gasteiger partial charge in [0.25, 0.3) is 5.91 Å². The van der Waals surface area contributed by atoms with Gasteiger partial charge in [0.15, 0.2) is 5.65 Å². The van der Waals surface area contributed by atoms with Crippen molar-refractivity contribution >= 4 is 33.1 Å². The van der Waals surface area contributed by atoms with Crippen LogP contribution < -0.4 is 15.4 Å². The molecule has 1 aromatic carbocycles. The highest BCUT2D eigenvalue weighted by Crippen LogP contribution is 2.34. The summed E-state index contributed by atoms with van der Waals surface area (Å²) in [5, 5.41) is 11.8. The van der Waals surface area contributed by atoms with E-state index >= 15 is 0 Å². The van der Waals surface area contributed by atoms with Gasteiger partial charge >= 0.3 is 0 Å². The molecule has 5 rings (SSSR count). The number of anilines is 2. The zero-order valence-electron chi connectivity index (χ0n) is 22.3. The van der Waals surface area contributed by atoms with Crippen LogP contribution in [0, 0.1) is 19.8 Å². The summed E-state index contributed by atoms with van der Waals surface area (Å²) >= 11 is 0. The van der Waals surface area contributed by atoms with Crippen LogP contribution in [0.2, 0.25) is 0 Å². The molecule has 2 aromatic heterocycles. The number of carbonyl (C=O) groups is 1. The van der Waals surface area contributed by atoms with Gasteiger partial charge in [-0.25, -0.2) is 17.9 Å². The summed E-state index contributed by atoms with van der Waals surface area (Å²) in [7, 11) is -3.53. The van der Waals surface area contributed by atoms with Crippen molar-refractivity contribution in [3.8, 4) is 0 Å². The lowest BCUT2D eigenvalue weighted by Gasteiger charge is -2.35. The topological polar surface area (TPSA) is 121 Å². The van der Waals surface area contributed by atoms with Crippen molar-refractivity contribution in [1.82, 2.24) is 24.8 Å². The summed E-state index contributed by atoms with van der Waals surface area (Å²) in [6, 6.07) is 6.95. The minimum atomic E-state index is -3.53.